The summed E-state index contributed by atoms with van der Waals surface area (Å²) in [5, 5.41) is 17.4. The van der Waals surface area contributed by atoms with Gasteiger partial charge in [0.25, 0.3) is 0 Å². The summed E-state index contributed by atoms with van der Waals surface area (Å²) in [6, 6.07) is 6.92. The van der Waals surface area contributed by atoms with Crippen LogP contribution in [-0.2, 0) is 0 Å². The minimum absolute atomic E-state index is 0.265. The van der Waals surface area contributed by atoms with Gasteiger partial charge in [-0.25, -0.2) is 10.0 Å². The quantitative estimate of drug-likeness (QED) is 0.836. The first-order chi connectivity index (χ1) is 12.7. The van der Waals surface area contributed by atoms with Gasteiger partial charge in [0.1, 0.15) is 13.0 Å². The van der Waals surface area contributed by atoms with E-state index in [0.29, 0.717) is 23.9 Å². The fraction of sp³-hybridized carbons (Fsp3) is 0.125. The SMILES string of the molecule is Cc1ccc(C2=C(F)NN(c3cccnn3)C=C2N2C=NC=NC2)nn1. The molecule has 0 bridgehead atoms. The zero-order chi connectivity index (χ0) is 17.9. The summed E-state index contributed by atoms with van der Waals surface area (Å²) < 4.78 is 15.0. The first-order valence-electron chi connectivity index (χ1n) is 7.77. The molecule has 0 saturated carbocycles. The summed E-state index contributed by atoms with van der Waals surface area (Å²) in [4.78, 5) is 9.84. The average Bonchev–Trinajstić information content (AvgIpc) is 2.70. The number of aromatic nitrogens is 4. The number of hydrogen-bond donors (Lipinski definition) is 1. The first-order valence-corrected chi connectivity index (χ1v) is 7.77. The van der Waals surface area contributed by atoms with E-state index in [0.717, 1.165) is 5.69 Å². The van der Waals surface area contributed by atoms with Crippen LogP contribution in [0.25, 0.3) is 5.57 Å². The Morgan fingerprint density at radius 2 is 2.08 bits per heavy atom. The summed E-state index contributed by atoms with van der Waals surface area (Å²) in [6.07, 6.45) is 6.26. The Balaban J connectivity index is 1.79. The van der Waals surface area contributed by atoms with E-state index < -0.39 is 5.95 Å². The molecule has 4 rings (SSSR count). The smallest absolute Gasteiger partial charge is 0.217 e. The second-order valence-electron chi connectivity index (χ2n) is 5.50. The van der Waals surface area contributed by atoms with Crippen molar-refractivity contribution in [2.45, 2.75) is 6.92 Å². The zero-order valence-corrected chi connectivity index (χ0v) is 13.8. The molecule has 0 atom stereocenters. The molecule has 0 unspecified atom stereocenters. The molecule has 26 heavy (non-hydrogen) atoms. The van der Waals surface area contributed by atoms with E-state index in [1.807, 2.05) is 6.92 Å². The van der Waals surface area contributed by atoms with E-state index >= 15 is 4.39 Å². The standard InChI is InChI=1S/C16H14FN9/c1-11-4-5-12(22-21-11)15-13(25-9-18-8-19-10-25)7-26(24-16(15)17)14-3-2-6-20-23-14/h2-9,24H,10H2,1H3. The highest BCUT2D eigenvalue weighted by Gasteiger charge is 2.28. The van der Waals surface area contributed by atoms with Crippen LogP contribution in [0.4, 0.5) is 10.2 Å². The van der Waals surface area contributed by atoms with Crippen molar-refractivity contribution in [3.05, 3.63) is 59.7 Å². The number of nitrogens with zero attached hydrogens (tertiary/aromatic N) is 8. The fourth-order valence-corrected chi connectivity index (χ4v) is 2.49. The van der Waals surface area contributed by atoms with Gasteiger partial charge in [-0.1, -0.05) is 0 Å². The maximum Gasteiger partial charge on any atom is 0.217 e. The molecule has 4 heterocycles. The number of rotatable bonds is 3. The lowest BCUT2D eigenvalue weighted by Crippen LogP contribution is -2.39. The lowest BCUT2D eigenvalue weighted by atomic mass is 10.1. The third-order valence-corrected chi connectivity index (χ3v) is 3.70. The molecule has 0 aromatic carbocycles. The van der Waals surface area contributed by atoms with Gasteiger partial charge in [-0.3, -0.25) is 10.4 Å². The topological polar surface area (TPSA) is 94.8 Å². The van der Waals surface area contributed by atoms with Crippen molar-refractivity contribution < 1.29 is 4.39 Å². The Morgan fingerprint density at radius 1 is 1.15 bits per heavy atom. The Morgan fingerprint density at radius 3 is 2.77 bits per heavy atom. The minimum atomic E-state index is -0.589. The largest absolute Gasteiger partial charge is 0.310 e. The maximum absolute atomic E-state index is 15.0. The molecule has 2 aliphatic rings. The number of halogens is 1. The zero-order valence-electron chi connectivity index (χ0n) is 13.8. The number of hydrazine groups is 1. The van der Waals surface area contributed by atoms with E-state index in [1.54, 1.807) is 47.9 Å². The van der Waals surface area contributed by atoms with Gasteiger partial charge in [0, 0.05) is 6.20 Å². The van der Waals surface area contributed by atoms with E-state index in [9.17, 15) is 0 Å². The van der Waals surface area contributed by atoms with Crippen molar-refractivity contribution in [1.82, 2.24) is 30.7 Å². The number of aliphatic imine (C=N–C) groups is 2. The third kappa shape index (κ3) is 2.99. The van der Waals surface area contributed by atoms with Gasteiger partial charge < -0.3 is 4.90 Å². The van der Waals surface area contributed by atoms with E-state index in [1.165, 1.54) is 11.3 Å². The van der Waals surface area contributed by atoms with Crippen LogP contribution < -0.4 is 10.4 Å². The molecule has 0 radical (unpaired) electrons. The molecule has 2 aromatic heterocycles. The molecule has 1 N–H and O–H groups in total. The predicted molar refractivity (Wildman–Crippen MR) is 94.2 cm³/mol. The van der Waals surface area contributed by atoms with Gasteiger partial charge in [-0.2, -0.15) is 19.7 Å². The molecule has 0 aliphatic carbocycles. The highest BCUT2D eigenvalue weighted by Crippen LogP contribution is 2.32. The number of nitrogens with one attached hydrogen (secondary N) is 1. The van der Waals surface area contributed by atoms with Crippen molar-refractivity contribution in [3.63, 3.8) is 0 Å². The molecule has 2 aromatic rings. The first kappa shape index (κ1) is 15.8. The molecule has 10 heteroatoms. The van der Waals surface area contributed by atoms with Crippen LogP contribution in [0.5, 0.6) is 0 Å². The van der Waals surface area contributed by atoms with Gasteiger partial charge in [0.2, 0.25) is 5.95 Å². The number of allylic oxidation sites excluding steroid dienone is 1. The van der Waals surface area contributed by atoms with Crippen molar-refractivity contribution in [3.8, 4) is 0 Å². The minimum Gasteiger partial charge on any atom is -0.310 e. The number of anilines is 1. The molecule has 9 nitrogen and oxygen atoms in total. The summed E-state index contributed by atoms with van der Waals surface area (Å²) in [7, 11) is 0. The number of hydrogen-bond acceptors (Lipinski definition) is 9. The Kier molecular flexibility index (Phi) is 4.06. The summed E-state index contributed by atoms with van der Waals surface area (Å²) in [6.45, 7) is 2.12. The highest BCUT2D eigenvalue weighted by atomic mass is 19.1. The summed E-state index contributed by atoms with van der Waals surface area (Å²) in [5.41, 5.74) is 4.58. The van der Waals surface area contributed by atoms with Crippen LogP contribution in [0.3, 0.4) is 0 Å². The van der Waals surface area contributed by atoms with Crippen molar-refractivity contribution in [2.75, 3.05) is 11.7 Å². The molecule has 0 amide bonds. The molecular weight excluding hydrogens is 337 g/mol. The van der Waals surface area contributed by atoms with Crippen molar-refractivity contribution in [1.29, 1.82) is 0 Å². The highest BCUT2D eigenvalue weighted by molar-refractivity contribution is 5.85. The molecule has 0 spiro atoms. The van der Waals surface area contributed by atoms with Crippen molar-refractivity contribution in [2.24, 2.45) is 9.98 Å². The van der Waals surface area contributed by atoms with Crippen LogP contribution in [0.1, 0.15) is 11.4 Å². The van der Waals surface area contributed by atoms with E-state index in [2.05, 4.69) is 35.8 Å². The van der Waals surface area contributed by atoms with E-state index in [-0.39, 0.29) is 5.57 Å². The van der Waals surface area contributed by atoms with Crippen LogP contribution in [0, 0.1) is 6.92 Å². The van der Waals surface area contributed by atoms with Crippen LogP contribution in [-0.4, -0.2) is 44.6 Å². The Hall–Kier alpha value is -3.69. The maximum atomic E-state index is 15.0. The molecule has 0 saturated heterocycles. The van der Waals surface area contributed by atoms with Gasteiger partial charge >= 0.3 is 0 Å². The molecule has 2 aliphatic heterocycles. The van der Waals surface area contributed by atoms with Crippen LogP contribution >= 0.6 is 0 Å². The lowest BCUT2D eigenvalue weighted by Gasteiger charge is -2.32. The van der Waals surface area contributed by atoms with Crippen LogP contribution in [0.15, 0.2) is 58.3 Å². The van der Waals surface area contributed by atoms with Crippen molar-refractivity contribution >= 4 is 24.1 Å². The lowest BCUT2D eigenvalue weighted by molar-refractivity contribution is 0.505. The Labute approximate surface area is 148 Å². The fourth-order valence-electron chi connectivity index (χ4n) is 2.49. The van der Waals surface area contributed by atoms with E-state index in [4.69, 9.17) is 0 Å². The predicted octanol–water partition coefficient (Wildman–Crippen LogP) is 1.41. The van der Waals surface area contributed by atoms with Gasteiger partial charge in [-0.05, 0) is 31.2 Å². The monoisotopic (exact) mass is 351 g/mol. The Bertz CT molecular complexity index is 918. The van der Waals surface area contributed by atoms with Gasteiger partial charge in [-0.15, -0.1) is 5.10 Å². The molecule has 130 valence electrons. The normalized spacial score (nSPS) is 16.6. The second kappa shape index (κ2) is 6.67. The third-order valence-electron chi connectivity index (χ3n) is 3.70. The van der Waals surface area contributed by atoms with Gasteiger partial charge in [0.05, 0.1) is 35.2 Å². The summed E-state index contributed by atoms with van der Waals surface area (Å²) in [5.74, 6) is -0.152. The molecular formula is C16H14FN9. The number of aryl methyl sites for hydroxylation is 1. The average molecular weight is 351 g/mol. The second-order valence-corrected chi connectivity index (χ2v) is 5.50. The molecule has 0 fully saturated rings. The van der Waals surface area contributed by atoms with Crippen LogP contribution in [0.2, 0.25) is 0 Å². The van der Waals surface area contributed by atoms with Gasteiger partial charge in [0.15, 0.2) is 5.82 Å². The summed E-state index contributed by atoms with van der Waals surface area (Å²) >= 11 is 0.